The Morgan fingerprint density at radius 1 is 1.43 bits per heavy atom. The lowest BCUT2D eigenvalue weighted by Crippen LogP contribution is -2.19. The minimum absolute atomic E-state index is 0.243. The second-order valence-electron chi connectivity index (χ2n) is 4.07. The van der Waals surface area contributed by atoms with Gasteiger partial charge in [0.2, 0.25) is 0 Å². The maximum atomic E-state index is 5.78. The standard InChI is InChI=1S/C11H12N2O/c12-7-11(3-4-11)9-2-1-8-6-14-13-10(8)5-9/h1-2,5-6H,3-4,7,12H2. The molecule has 0 bridgehead atoms. The summed E-state index contributed by atoms with van der Waals surface area (Å²) in [6.07, 6.45) is 4.07. The SMILES string of the molecule is NCC1(c2ccc3conc3c2)CC1. The van der Waals surface area contributed by atoms with Crippen LogP contribution in [0.3, 0.4) is 0 Å². The summed E-state index contributed by atoms with van der Waals surface area (Å²) in [6.45, 7) is 0.732. The lowest BCUT2D eigenvalue weighted by atomic mass is 9.95. The monoisotopic (exact) mass is 188 g/mol. The fourth-order valence-electron chi connectivity index (χ4n) is 1.95. The van der Waals surface area contributed by atoms with Crippen molar-refractivity contribution in [3.63, 3.8) is 0 Å². The highest BCUT2D eigenvalue weighted by Crippen LogP contribution is 2.47. The van der Waals surface area contributed by atoms with Crippen LogP contribution >= 0.6 is 0 Å². The molecule has 2 N–H and O–H groups in total. The maximum Gasteiger partial charge on any atom is 0.131 e. The van der Waals surface area contributed by atoms with Crippen LogP contribution in [-0.4, -0.2) is 11.7 Å². The van der Waals surface area contributed by atoms with E-state index in [1.165, 1.54) is 18.4 Å². The van der Waals surface area contributed by atoms with Crippen molar-refractivity contribution in [3.8, 4) is 0 Å². The molecule has 1 aromatic carbocycles. The smallest absolute Gasteiger partial charge is 0.131 e. The zero-order valence-electron chi connectivity index (χ0n) is 7.86. The second-order valence-corrected chi connectivity index (χ2v) is 4.07. The molecule has 72 valence electrons. The van der Waals surface area contributed by atoms with Crippen LogP contribution in [0.4, 0.5) is 0 Å². The van der Waals surface area contributed by atoms with E-state index >= 15 is 0 Å². The van der Waals surface area contributed by atoms with Gasteiger partial charge < -0.3 is 10.3 Å². The van der Waals surface area contributed by atoms with Gasteiger partial charge in [0.1, 0.15) is 11.8 Å². The van der Waals surface area contributed by atoms with Crippen LogP contribution in [0.1, 0.15) is 18.4 Å². The molecule has 1 saturated carbocycles. The van der Waals surface area contributed by atoms with Crippen molar-refractivity contribution in [2.75, 3.05) is 6.54 Å². The van der Waals surface area contributed by atoms with Crippen LogP contribution in [0, 0.1) is 0 Å². The number of aromatic nitrogens is 1. The fourth-order valence-corrected chi connectivity index (χ4v) is 1.95. The molecule has 0 unspecified atom stereocenters. The molecule has 0 spiro atoms. The summed E-state index contributed by atoms with van der Waals surface area (Å²) < 4.78 is 4.91. The first-order chi connectivity index (χ1) is 6.84. The summed E-state index contributed by atoms with van der Waals surface area (Å²) in [5.41, 5.74) is 8.26. The summed E-state index contributed by atoms with van der Waals surface area (Å²) in [6, 6.07) is 6.29. The van der Waals surface area contributed by atoms with E-state index in [4.69, 9.17) is 10.3 Å². The molecule has 3 nitrogen and oxygen atoms in total. The zero-order chi connectivity index (χ0) is 9.60. The maximum absolute atomic E-state index is 5.78. The van der Waals surface area contributed by atoms with Gasteiger partial charge in [0.15, 0.2) is 0 Å². The van der Waals surface area contributed by atoms with Crippen molar-refractivity contribution in [2.45, 2.75) is 18.3 Å². The molecule has 1 fully saturated rings. The molecular formula is C11H12N2O. The van der Waals surface area contributed by atoms with Gasteiger partial charge in [-0.15, -0.1) is 0 Å². The number of nitrogens with two attached hydrogens (primary N) is 1. The molecule has 0 amide bonds. The van der Waals surface area contributed by atoms with Gasteiger partial charge in [-0.05, 0) is 30.5 Å². The predicted octanol–water partition coefficient (Wildman–Crippen LogP) is 1.82. The van der Waals surface area contributed by atoms with Crippen LogP contribution in [0.2, 0.25) is 0 Å². The van der Waals surface area contributed by atoms with Gasteiger partial charge in [-0.1, -0.05) is 11.2 Å². The van der Waals surface area contributed by atoms with Crippen molar-refractivity contribution in [1.82, 2.24) is 5.16 Å². The molecule has 2 aromatic rings. The minimum atomic E-state index is 0.243. The highest BCUT2D eigenvalue weighted by atomic mass is 16.5. The Kier molecular flexibility index (Phi) is 1.47. The van der Waals surface area contributed by atoms with Crippen molar-refractivity contribution < 1.29 is 4.52 Å². The second kappa shape index (κ2) is 2.58. The predicted molar refractivity (Wildman–Crippen MR) is 54.0 cm³/mol. The molecular weight excluding hydrogens is 176 g/mol. The summed E-state index contributed by atoms with van der Waals surface area (Å²) in [5, 5.41) is 5.00. The molecule has 3 heteroatoms. The Bertz CT molecular complexity index is 471. The summed E-state index contributed by atoms with van der Waals surface area (Å²) >= 11 is 0. The first-order valence-electron chi connectivity index (χ1n) is 4.89. The third-order valence-electron chi connectivity index (χ3n) is 3.22. The molecule has 1 aromatic heterocycles. The average molecular weight is 188 g/mol. The lowest BCUT2D eigenvalue weighted by Gasteiger charge is -2.11. The van der Waals surface area contributed by atoms with Crippen LogP contribution in [0.25, 0.3) is 10.9 Å². The molecule has 0 radical (unpaired) electrons. The highest BCUT2D eigenvalue weighted by molar-refractivity contribution is 5.78. The lowest BCUT2D eigenvalue weighted by molar-refractivity contribution is 0.428. The van der Waals surface area contributed by atoms with E-state index in [9.17, 15) is 0 Å². The molecule has 0 aliphatic heterocycles. The van der Waals surface area contributed by atoms with Crippen molar-refractivity contribution >= 4 is 10.9 Å². The molecule has 0 atom stereocenters. The third-order valence-corrected chi connectivity index (χ3v) is 3.22. The van der Waals surface area contributed by atoms with Crippen LogP contribution in [-0.2, 0) is 5.41 Å². The van der Waals surface area contributed by atoms with Gasteiger partial charge in [0, 0.05) is 17.3 Å². The van der Waals surface area contributed by atoms with Gasteiger partial charge in [-0.25, -0.2) is 0 Å². The normalized spacial score (nSPS) is 18.6. The van der Waals surface area contributed by atoms with Gasteiger partial charge in [0.25, 0.3) is 0 Å². The number of benzene rings is 1. The first kappa shape index (κ1) is 8.00. The molecule has 1 aliphatic carbocycles. The summed E-state index contributed by atoms with van der Waals surface area (Å²) in [7, 11) is 0. The summed E-state index contributed by atoms with van der Waals surface area (Å²) in [4.78, 5) is 0. The van der Waals surface area contributed by atoms with Gasteiger partial charge in [0.05, 0.1) is 0 Å². The largest absolute Gasteiger partial charge is 0.364 e. The minimum Gasteiger partial charge on any atom is -0.364 e. The van der Waals surface area contributed by atoms with E-state index < -0.39 is 0 Å². The van der Waals surface area contributed by atoms with Gasteiger partial charge in [-0.2, -0.15) is 0 Å². The van der Waals surface area contributed by atoms with Crippen LogP contribution in [0.15, 0.2) is 29.0 Å². The average Bonchev–Trinajstić information content (AvgIpc) is 2.89. The molecule has 1 aliphatic rings. The fraction of sp³-hybridized carbons (Fsp3) is 0.364. The number of rotatable bonds is 2. The third kappa shape index (κ3) is 0.990. The topological polar surface area (TPSA) is 52.0 Å². The Balaban J connectivity index is 2.13. The Morgan fingerprint density at radius 2 is 2.29 bits per heavy atom. The summed E-state index contributed by atoms with van der Waals surface area (Å²) in [5.74, 6) is 0. The van der Waals surface area contributed by atoms with Crippen LogP contribution in [0.5, 0.6) is 0 Å². The van der Waals surface area contributed by atoms with E-state index in [2.05, 4.69) is 23.4 Å². The highest BCUT2D eigenvalue weighted by Gasteiger charge is 2.42. The number of hydrogen-bond acceptors (Lipinski definition) is 3. The van der Waals surface area contributed by atoms with E-state index in [1.54, 1.807) is 6.26 Å². The van der Waals surface area contributed by atoms with E-state index in [1.807, 2.05) is 0 Å². The van der Waals surface area contributed by atoms with Crippen LogP contribution < -0.4 is 5.73 Å². The Labute approximate surface area is 81.9 Å². The number of nitrogens with zero attached hydrogens (tertiary/aromatic N) is 1. The van der Waals surface area contributed by atoms with Gasteiger partial charge in [-0.3, -0.25) is 0 Å². The van der Waals surface area contributed by atoms with Crippen molar-refractivity contribution in [3.05, 3.63) is 30.0 Å². The molecule has 0 saturated heterocycles. The molecule has 14 heavy (non-hydrogen) atoms. The molecule has 1 heterocycles. The van der Waals surface area contributed by atoms with E-state index in [0.717, 1.165) is 17.4 Å². The van der Waals surface area contributed by atoms with E-state index in [-0.39, 0.29) is 5.41 Å². The van der Waals surface area contributed by atoms with Gasteiger partial charge >= 0.3 is 0 Å². The molecule has 3 rings (SSSR count). The first-order valence-corrected chi connectivity index (χ1v) is 4.89. The quantitative estimate of drug-likeness (QED) is 0.782. The van der Waals surface area contributed by atoms with E-state index in [0.29, 0.717) is 0 Å². The number of fused-ring (bicyclic) bond motifs is 1. The van der Waals surface area contributed by atoms with Crippen molar-refractivity contribution in [2.24, 2.45) is 5.73 Å². The Morgan fingerprint density at radius 3 is 3.00 bits per heavy atom. The zero-order valence-corrected chi connectivity index (χ0v) is 7.86. The Hall–Kier alpha value is -1.35. The van der Waals surface area contributed by atoms with Crippen molar-refractivity contribution in [1.29, 1.82) is 0 Å². The number of hydrogen-bond donors (Lipinski definition) is 1.